The topological polar surface area (TPSA) is 72.0 Å². The lowest BCUT2D eigenvalue weighted by Gasteiger charge is -2.04. The Labute approximate surface area is 93.8 Å². The summed E-state index contributed by atoms with van der Waals surface area (Å²) in [7, 11) is -1.26. The average Bonchev–Trinajstić information content (AvgIpc) is 2.62. The van der Waals surface area contributed by atoms with Crippen LogP contribution in [0.4, 0.5) is 0 Å². The van der Waals surface area contributed by atoms with Gasteiger partial charge in [-0.2, -0.15) is 0 Å². The Balaban J connectivity index is 2.94. The van der Waals surface area contributed by atoms with E-state index < -0.39 is 15.1 Å². The van der Waals surface area contributed by atoms with Crippen molar-refractivity contribution in [3.8, 4) is 0 Å². The fraction of sp³-hybridized carbons (Fsp3) is 0.750. The quantitative estimate of drug-likeness (QED) is 0.859. The van der Waals surface area contributed by atoms with E-state index in [-0.39, 0.29) is 6.04 Å². The van der Waals surface area contributed by atoms with E-state index >= 15 is 0 Å². The second-order valence-corrected chi connectivity index (χ2v) is 6.87. The molecule has 0 spiro atoms. The summed E-state index contributed by atoms with van der Waals surface area (Å²) in [5, 5.41) is 11.7. The van der Waals surface area contributed by atoms with Crippen molar-refractivity contribution in [3.05, 3.63) is 10.0 Å². The van der Waals surface area contributed by atoms with Gasteiger partial charge in [-0.05, 0) is 20.9 Å². The molecule has 86 valence electrons. The highest BCUT2D eigenvalue weighted by Gasteiger charge is 2.22. The summed E-state index contributed by atoms with van der Waals surface area (Å²) in [5.41, 5.74) is 0. The van der Waals surface area contributed by atoms with Crippen molar-refractivity contribution < 1.29 is 8.42 Å². The van der Waals surface area contributed by atoms with Gasteiger partial charge in [0.05, 0.1) is 6.04 Å². The lowest BCUT2D eigenvalue weighted by molar-refractivity contribution is 0.591. The van der Waals surface area contributed by atoms with E-state index in [9.17, 15) is 8.42 Å². The Bertz CT molecular complexity index is 427. The van der Waals surface area contributed by atoms with Gasteiger partial charge in [0.25, 0.3) is 0 Å². The second kappa shape index (κ2) is 4.54. The summed E-state index contributed by atoms with van der Waals surface area (Å²) in [4.78, 5) is 0. The molecular formula is C8H15N3O2S2. The van der Waals surface area contributed by atoms with Gasteiger partial charge in [-0.15, -0.1) is 10.2 Å². The minimum absolute atomic E-state index is 0.100. The van der Waals surface area contributed by atoms with Crippen molar-refractivity contribution in [1.82, 2.24) is 15.5 Å². The highest BCUT2D eigenvalue weighted by Crippen LogP contribution is 2.26. The summed E-state index contributed by atoms with van der Waals surface area (Å²) in [6.45, 7) is 3.58. The molecule has 2 unspecified atom stereocenters. The predicted molar refractivity (Wildman–Crippen MR) is 60.6 cm³/mol. The molecule has 2 atom stereocenters. The number of nitrogens with one attached hydrogen (secondary N) is 1. The lowest BCUT2D eigenvalue weighted by atomic mass is 10.4. The average molecular weight is 249 g/mol. The fourth-order valence-corrected chi connectivity index (χ4v) is 2.81. The van der Waals surface area contributed by atoms with Crippen LogP contribution in [0.15, 0.2) is 0 Å². The van der Waals surface area contributed by atoms with Crippen LogP contribution >= 0.6 is 11.3 Å². The monoisotopic (exact) mass is 249 g/mol. The molecule has 0 aliphatic rings. The Morgan fingerprint density at radius 3 is 2.27 bits per heavy atom. The summed E-state index contributed by atoms with van der Waals surface area (Å²) < 4.78 is 22.6. The van der Waals surface area contributed by atoms with Crippen molar-refractivity contribution in [1.29, 1.82) is 0 Å². The fourth-order valence-electron chi connectivity index (χ4n) is 0.892. The maximum absolute atomic E-state index is 11.3. The smallest absolute Gasteiger partial charge is 0.156 e. The van der Waals surface area contributed by atoms with Gasteiger partial charge in [-0.1, -0.05) is 11.3 Å². The number of nitrogens with zero attached hydrogens (tertiary/aromatic N) is 2. The van der Waals surface area contributed by atoms with Crippen molar-refractivity contribution in [2.45, 2.75) is 25.1 Å². The third-order valence-electron chi connectivity index (χ3n) is 2.25. The van der Waals surface area contributed by atoms with E-state index in [0.717, 1.165) is 5.01 Å². The maximum atomic E-state index is 11.3. The van der Waals surface area contributed by atoms with Crippen LogP contribution in [-0.2, 0) is 9.84 Å². The SMILES string of the molecule is CNC(C)c1nnc(C(C)S(C)(=O)=O)s1. The first kappa shape index (κ1) is 12.5. The molecule has 0 aromatic carbocycles. The second-order valence-electron chi connectivity index (χ2n) is 3.46. The zero-order chi connectivity index (χ0) is 11.6. The summed E-state index contributed by atoms with van der Waals surface area (Å²) in [5.74, 6) is 0. The molecule has 0 bridgehead atoms. The van der Waals surface area contributed by atoms with Crippen LogP contribution in [-0.4, -0.2) is 31.9 Å². The normalized spacial score (nSPS) is 16.3. The molecule has 0 aliphatic carbocycles. The summed E-state index contributed by atoms with van der Waals surface area (Å²) >= 11 is 1.34. The van der Waals surface area contributed by atoms with Gasteiger partial charge in [0.15, 0.2) is 9.84 Å². The van der Waals surface area contributed by atoms with E-state index in [1.54, 1.807) is 6.92 Å². The Hall–Kier alpha value is -0.530. The van der Waals surface area contributed by atoms with E-state index in [4.69, 9.17) is 0 Å². The first-order valence-electron chi connectivity index (χ1n) is 4.55. The van der Waals surface area contributed by atoms with E-state index in [1.807, 2.05) is 14.0 Å². The molecule has 0 aliphatic heterocycles. The molecule has 0 radical (unpaired) electrons. The molecule has 1 aromatic rings. The Morgan fingerprint density at radius 2 is 1.80 bits per heavy atom. The molecule has 0 saturated carbocycles. The molecule has 0 fully saturated rings. The predicted octanol–water partition coefficient (Wildman–Crippen LogP) is 0.924. The number of hydrogen-bond donors (Lipinski definition) is 1. The van der Waals surface area contributed by atoms with Crippen molar-refractivity contribution >= 4 is 21.2 Å². The van der Waals surface area contributed by atoms with Gasteiger partial charge in [0.2, 0.25) is 0 Å². The van der Waals surface area contributed by atoms with Gasteiger partial charge in [-0.25, -0.2) is 8.42 Å². The largest absolute Gasteiger partial charge is 0.311 e. The first-order valence-corrected chi connectivity index (χ1v) is 7.32. The van der Waals surface area contributed by atoms with Gasteiger partial charge >= 0.3 is 0 Å². The van der Waals surface area contributed by atoms with Crippen LogP contribution in [0, 0.1) is 0 Å². The zero-order valence-electron chi connectivity index (χ0n) is 9.18. The van der Waals surface area contributed by atoms with E-state index in [0.29, 0.717) is 5.01 Å². The van der Waals surface area contributed by atoms with Crippen LogP contribution in [0.3, 0.4) is 0 Å². The zero-order valence-corrected chi connectivity index (χ0v) is 10.8. The van der Waals surface area contributed by atoms with Gasteiger partial charge in [0.1, 0.15) is 15.3 Å². The van der Waals surface area contributed by atoms with Crippen molar-refractivity contribution in [3.63, 3.8) is 0 Å². The van der Waals surface area contributed by atoms with Gasteiger partial charge in [0, 0.05) is 6.26 Å². The number of aromatic nitrogens is 2. The highest BCUT2D eigenvalue weighted by molar-refractivity contribution is 7.91. The molecule has 0 saturated heterocycles. The van der Waals surface area contributed by atoms with Crippen LogP contribution in [0.1, 0.15) is 35.2 Å². The minimum atomic E-state index is -3.09. The highest BCUT2D eigenvalue weighted by atomic mass is 32.2. The Kier molecular flexibility index (Phi) is 3.80. The van der Waals surface area contributed by atoms with Crippen LogP contribution in [0.25, 0.3) is 0 Å². The third kappa shape index (κ3) is 2.96. The molecule has 1 aromatic heterocycles. The van der Waals surface area contributed by atoms with Gasteiger partial charge < -0.3 is 5.32 Å². The molecule has 0 amide bonds. The molecule has 1 rings (SSSR count). The van der Waals surface area contributed by atoms with Crippen molar-refractivity contribution in [2.75, 3.05) is 13.3 Å². The molecular weight excluding hydrogens is 234 g/mol. The van der Waals surface area contributed by atoms with Crippen molar-refractivity contribution in [2.24, 2.45) is 0 Å². The molecule has 5 nitrogen and oxygen atoms in total. The lowest BCUT2D eigenvalue weighted by Crippen LogP contribution is -2.11. The molecule has 15 heavy (non-hydrogen) atoms. The first-order chi connectivity index (χ1) is 6.86. The summed E-state index contributed by atoms with van der Waals surface area (Å²) in [6.07, 6.45) is 1.21. The summed E-state index contributed by atoms with van der Waals surface area (Å²) in [6, 6.07) is 0.100. The van der Waals surface area contributed by atoms with Crippen LogP contribution in [0.5, 0.6) is 0 Å². The molecule has 1 N–H and O–H groups in total. The third-order valence-corrected chi connectivity index (χ3v) is 5.20. The van der Waals surface area contributed by atoms with Crippen LogP contribution in [0.2, 0.25) is 0 Å². The van der Waals surface area contributed by atoms with E-state index in [1.165, 1.54) is 17.6 Å². The number of sulfone groups is 1. The standard InChI is InChI=1S/C8H15N3O2S2/c1-5(9-3)7-10-11-8(14-7)6(2)15(4,12)13/h5-6,9H,1-4H3. The number of rotatable bonds is 4. The number of hydrogen-bond acceptors (Lipinski definition) is 6. The maximum Gasteiger partial charge on any atom is 0.156 e. The molecule has 7 heteroatoms. The molecule has 1 heterocycles. The van der Waals surface area contributed by atoms with Crippen LogP contribution < -0.4 is 5.32 Å². The van der Waals surface area contributed by atoms with Gasteiger partial charge in [-0.3, -0.25) is 0 Å². The minimum Gasteiger partial charge on any atom is -0.311 e. The Morgan fingerprint density at radius 1 is 1.27 bits per heavy atom. The van der Waals surface area contributed by atoms with E-state index in [2.05, 4.69) is 15.5 Å².